The van der Waals surface area contributed by atoms with Crippen molar-refractivity contribution in [1.29, 1.82) is 0 Å². The standard InChI is InChI=1S/C14H14N2O/c17-10-12-6-9-15-13(16-12)14(7-8-14)11-4-2-1-3-5-11/h1-6,9,17H,7-8,10H2. The Labute approximate surface area is 100 Å². The number of benzene rings is 1. The molecule has 1 heterocycles. The fourth-order valence-corrected chi connectivity index (χ4v) is 2.24. The van der Waals surface area contributed by atoms with Crippen molar-refractivity contribution in [1.82, 2.24) is 9.97 Å². The summed E-state index contributed by atoms with van der Waals surface area (Å²) in [6.07, 6.45) is 3.91. The highest BCUT2D eigenvalue weighted by atomic mass is 16.3. The molecule has 3 rings (SSSR count). The van der Waals surface area contributed by atoms with E-state index in [4.69, 9.17) is 5.11 Å². The van der Waals surface area contributed by atoms with Gasteiger partial charge in [-0.3, -0.25) is 0 Å². The zero-order valence-electron chi connectivity index (χ0n) is 9.50. The van der Waals surface area contributed by atoms with Crippen molar-refractivity contribution in [2.75, 3.05) is 0 Å². The molecule has 3 nitrogen and oxygen atoms in total. The molecular weight excluding hydrogens is 212 g/mol. The van der Waals surface area contributed by atoms with E-state index in [1.54, 1.807) is 12.3 Å². The molecule has 1 aliphatic rings. The minimum Gasteiger partial charge on any atom is -0.390 e. The Morgan fingerprint density at radius 2 is 1.88 bits per heavy atom. The van der Waals surface area contributed by atoms with Gasteiger partial charge in [0.1, 0.15) is 5.82 Å². The zero-order valence-corrected chi connectivity index (χ0v) is 9.50. The van der Waals surface area contributed by atoms with Gasteiger partial charge in [-0.2, -0.15) is 0 Å². The topological polar surface area (TPSA) is 46.0 Å². The minimum absolute atomic E-state index is 0.00750. The van der Waals surface area contributed by atoms with Crippen LogP contribution >= 0.6 is 0 Å². The SMILES string of the molecule is OCc1ccnc(C2(c3ccccc3)CC2)n1. The molecule has 1 aromatic heterocycles. The lowest BCUT2D eigenvalue weighted by Crippen LogP contribution is -2.14. The lowest BCUT2D eigenvalue weighted by molar-refractivity contribution is 0.276. The van der Waals surface area contributed by atoms with Crippen LogP contribution in [0.15, 0.2) is 42.6 Å². The largest absolute Gasteiger partial charge is 0.390 e. The van der Waals surface area contributed by atoms with Crippen LogP contribution in [-0.2, 0) is 12.0 Å². The van der Waals surface area contributed by atoms with E-state index in [0.717, 1.165) is 18.7 Å². The first-order valence-corrected chi connectivity index (χ1v) is 5.84. The maximum absolute atomic E-state index is 9.13. The molecule has 86 valence electrons. The Kier molecular flexibility index (Phi) is 2.41. The van der Waals surface area contributed by atoms with Gasteiger partial charge in [-0.05, 0) is 24.5 Å². The van der Waals surface area contributed by atoms with Gasteiger partial charge < -0.3 is 5.11 Å². The number of aliphatic hydroxyl groups excluding tert-OH is 1. The lowest BCUT2D eigenvalue weighted by Gasteiger charge is -2.14. The zero-order chi connectivity index (χ0) is 11.7. The second kappa shape index (κ2) is 3.93. The summed E-state index contributed by atoms with van der Waals surface area (Å²) in [5.41, 5.74) is 1.96. The van der Waals surface area contributed by atoms with Crippen molar-refractivity contribution in [2.24, 2.45) is 0 Å². The number of rotatable bonds is 3. The maximum atomic E-state index is 9.13. The monoisotopic (exact) mass is 226 g/mol. The van der Waals surface area contributed by atoms with Crippen molar-refractivity contribution in [3.05, 3.63) is 59.7 Å². The van der Waals surface area contributed by atoms with E-state index in [1.807, 2.05) is 18.2 Å². The van der Waals surface area contributed by atoms with Gasteiger partial charge >= 0.3 is 0 Å². The van der Waals surface area contributed by atoms with Crippen LogP contribution < -0.4 is 0 Å². The van der Waals surface area contributed by atoms with Crippen LogP contribution in [0.4, 0.5) is 0 Å². The fourth-order valence-electron chi connectivity index (χ4n) is 2.24. The summed E-state index contributed by atoms with van der Waals surface area (Å²) in [5.74, 6) is 0.843. The third-order valence-corrected chi connectivity index (χ3v) is 3.38. The highest BCUT2D eigenvalue weighted by Gasteiger charge is 2.48. The van der Waals surface area contributed by atoms with E-state index < -0.39 is 0 Å². The molecule has 1 fully saturated rings. The Balaban J connectivity index is 2.03. The van der Waals surface area contributed by atoms with Crippen LogP contribution in [0, 0.1) is 0 Å². The van der Waals surface area contributed by atoms with Crippen LogP contribution in [0.5, 0.6) is 0 Å². The van der Waals surface area contributed by atoms with Gasteiger partial charge in [-0.1, -0.05) is 30.3 Å². The molecule has 2 aromatic rings. The summed E-state index contributed by atoms with van der Waals surface area (Å²) >= 11 is 0. The smallest absolute Gasteiger partial charge is 0.139 e. The first-order chi connectivity index (χ1) is 8.35. The lowest BCUT2D eigenvalue weighted by atomic mass is 9.95. The van der Waals surface area contributed by atoms with Crippen LogP contribution in [-0.4, -0.2) is 15.1 Å². The van der Waals surface area contributed by atoms with Crippen LogP contribution in [0.25, 0.3) is 0 Å². The van der Waals surface area contributed by atoms with E-state index in [-0.39, 0.29) is 12.0 Å². The third-order valence-electron chi connectivity index (χ3n) is 3.38. The van der Waals surface area contributed by atoms with Gasteiger partial charge in [0.15, 0.2) is 0 Å². The van der Waals surface area contributed by atoms with Gasteiger partial charge in [0, 0.05) is 6.20 Å². The number of nitrogens with zero attached hydrogens (tertiary/aromatic N) is 2. The molecule has 0 unspecified atom stereocenters. The predicted molar refractivity (Wildman–Crippen MR) is 64.4 cm³/mol. The first kappa shape index (κ1) is 10.4. The number of hydrogen-bond donors (Lipinski definition) is 1. The van der Waals surface area contributed by atoms with Crippen molar-refractivity contribution >= 4 is 0 Å². The Morgan fingerprint density at radius 3 is 2.53 bits per heavy atom. The fraction of sp³-hybridized carbons (Fsp3) is 0.286. The molecule has 17 heavy (non-hydrogen) atoms. The van der Waals surface area contributed by atoms with Crippen molar-refractivity contribution in [3.63, 3.8) is 0 Å². The van der Waals surface area contributed by atoms with Gasteiger partial charge in [0.05, 0.1) is 17.7 Å². The van der Waals surface area contributed by atoms with Crippen molar-refractivity contribution < 1.29 is 5.11 Å². The normalized spacial score (nSPS) is 16.8. The summed E-state index contributed by atoms with van der Waals surface area (Å²) < 4.78 is 0. The molecule has 3 heteroatoms. The molecule has 1 N–H and O–H groups in total. The second-order valence-electron chi connectivity index (χ2n) is 4.48. The molecule has 0 atom stereocenters. The summed E-state index contributed by atoms with van der Waals surface area (Å²) in [5, 5.41) is 9.13. The third kappa shape index (κ3) is 1.72. The predicted octanol–water partition coefficient (Wildman–Crippen LogP) is 2.05. The molecule has 1 saturated carbocycles. The van der Waals surface area contributed by atoms with E-state index in [1.165, 1.54) is 5.56 Å². The van der Waals surface area contributed by atoms with Gasteiger partial charge in [-0.15, -0.1) is 0 Å². The van der Waals surface area contributed by atoms with Gasteiger partial charge in [-0.25, -0.2) is 9.97 Å². The summed E-state index contributed by atoms with van der Waals surface area (Å²) in [4.78, 5) is 8.82. The highest BCUT2D eigenvalue weighted by Crippen LogP contribution is 2.51. The summed E-state index contributed by atoms with van der Waals surface area (Å²) in [6, 6.07) is 12.1. The van der Waals surface area contributed by atoms with Crippen LogP contribution in [0.3, 0.4) is 0 Å². The Morgan fingerprint density at radius 1 is 1.12 bits per heavy atom. The van der Waals surface area contributed by atoms with Crippen molar-refractivity contribution in [2.45, 2.75) is 24.9 Å². The molecular formula is C14H14N2O. The van der Waals surface area contributed by atoms with E-state index >= 15 is 0 Å². The molecule has 0 radical (unpaired) electrons. The molecule has 1 aliphatic carbocycles. The average molecular weight is 226 g/mol. The molecule has 0 aliphatic heterocycles. The van der Waals surface area contributed by atoms with Gasteiger partial charge in [0.2, 0.25) is 0 Å². The van der Waals surface area contributed by atoms with E-state index in [2.05, 4.69) is 22.1 Å². The van der Waals surface area contributed by atoms with Gasteiger partial charge in [0.25, 0.3) is 0 Å². The molecule has 0 amide bonds. The van der Waals surface area contributed by atoms with E-state index in [9.17, 15) is 0 Å². The molecule has 0 saturated heterocycles. The Bertz CT molecular complexity index is 521. The molecule has 1 aromatic carbocycles. The van der Waals surface area contributed by atoms with E-state index in [0.29, 0.717) is 5.69 Å². The quantitative estimate of drug-likeness (QED) is 0.871. The Hall–Kier alpha value is -1.74. The summed E-state index contributed by atoms with van der Waals surface area (Å²) in [6.45, 7) is -0.0274. The molecule has 0 spiro atoms. The number of aliphatic hydroxyl groups is 1. The number of hydrogen-bond acceptors (Lipinski definition) is 3. The van der Waals surface area contributed by atoms with Crippen molar-refractivity contribution in [3.8, 4) is 0 Å². The van der Waals surface area contributed by atoms with Crippen LogP contribution in [0.1, 0.15) is 29.9 Å². The summed E-state index contributed by atoms with van der Waals surface area (Å²) in [7, 11) is 0. The first-order valence-electron chi connectivity index (χ1n) is 5.84. The highest BCUT2D eigenvalue weighted by molar-refractivity contribution is 5.39. The molecule has 0 bridgehead atoms. The average Bonchev–Trinajstić information content (AvgIpc) is 3.21. The van der Waals surface area contributed by atoms with Crippen LogP contribution in [0.2, 0.25) is 0 Å². The maximum Gasteiger partial charge on any atom is 0.139 e. The number of aromatic nitrogens is 2. The minimum atomic E-state index is -0.0274. The second-order valence-corrected chi connectivity index (χ2v) is 4.48.